The average molecular weight is 153 g/mol. The van der Waals surface area contributed by atoms with Gasteiger partial charge in [-0.15, -0.1) is 0 Å². The van der Waals surface area contributed by atoms with Gasteiger partial charge in [0.2, 0.25) is 0 Å². The zero-order valence-corrected chi connectivity index (χ0v) is 7.39. The van der Waals surface area contributed by atoms with Crippen LogP contribution in [-0.4, -0.2) is 9.55 Å². The van der Waals surface area contributed by atoms with Crippen molar-refractivity contribution in [1.82, 2.24) is 9.55 Å². The molecule has 0 unspecified atom stereocenters. The molecule has 0 aliphatic heterocycles. The molecule has 0 aliphatic rings. The number of rotatable bonds is 2. The maximum atomic E-state index is 5.56. The standard InChI is InChI=1S/C8H15N3/c1-4-8-10-6(2)7(5-9)11(8)3/h4-5,9H2,1-3H3. The van der Waals surface area contributed by atoms with E-state index in [0.29, 0.717) is 6.54 Å². The lowest BCUT2D eigenvalue weighted by atomic mass is 10.3. The van der Waals surface area contributed by atoms with E-state index in [0.717, 1.165) is 23.6 Å². The van der Waals surface area contributed by atoms with E-state index in [1.54, 1.807) is 0 Å². The first-order valence-corrected chi connectivity index (χ1v) is 3.91. The normalized spacial score (nSPS) is 10.5. The lowest BCUT2D eigenvalue weighted by Crippen LogP contribution is -2.06. The van der Waals surface area contributed by atoms with Gasteiger partial charge in [-0.05, 0) is 6.92 Å². The summed E-state index contributed by atoms with van der Waals surface area (Å²) in [7, 11) is 2.01. The molecule has 0 aliphatic carbocycles. The van der Waals surface area contributed by atoms with Gasteiger partial charge in [0.25, 0.3) is 0 Å². The Hall–Kier alpha value is -0.830. The minimum Gasteiger partial charge on any atom is -0.334 e. The van der Waals surface area contributed by atoms with Gasteiger partial charge in [0, 0.05) is 20.0 Å². The number of hydrogen-bond acceptors (Lipinski definition) is 2. The summed E-state index contributed by atoms with van der Waals surface area (Å²) in [5.74, 6) is 1.11. The average Bonchev–Trinajstić information content (AvgIpc) is 2.26. The topological polar surface area (TPSA) is 43.8 Å². The molecule has 1 rings (SSSR count). The smallest absolute Gasteiger partial charge is 0.108 e. The first kappa shape index (κ1) is 8.27. The Kier molecular flexibility index (Phi) is 2.29. The molecule has 0 bridgehead atoms. The van der Waals surface area contributed by atoms with Gasteiger partial charge in [-0.3, -0.25) is 0 Å². The molecule has 0 saturated heterocycles. The fraction of sp³-hybridized carbons (Fsp3) is 0.625. The van der Waals surface area contributed by atoms with Gasteiger partial charge in [0.1, 0.15) is 5.82 Å². The van der Waals surface area contributed by atoms with Crippen LogP contribution in [0.5, 0.6) is 0 Å². The molecule has 1 heterocycles. The third kappa shape index (κ3) is 1.28. The molecule has 3 heteroatoms. The summed E-state index contributed by atoms with van der Waals surface area (Å²) < 4.78 is 2.08. The molecule has 0 aromatic carbocycles. The van der Waals surface area contributed by atoms with Crippen LogP contribution in [0.1, 0.15) is 24.1 Å². The van der Waals surface area contributed by atoms with Gasteiger partial charge in [0.15, 0.2) is 0 Å². The number of aryl methyl sites for hydroxylation is 2. The predicted octanol–water partition coefficient (Wildman–Crippen LogP) is 0.750. The Labute approximate surface area is 67.2 Å². The monoisotopic (exact) mass is 153 g/mol. The van der Waals surface area contributed by atoms with Crippen LogP contribution in [0.4, 0.5) is 0 Å². The van der Waals surface area contributed by atoms with E-state index < -0.39 is 0 Å². The maximum absolute atomic E-state index is 5.56. The van der Waals surface area contributed by atoms with Crippen LogP contribution in [0, 0.1) is 6.92 Å². The Morgan fingerprint density at radius 1 is 1.55 bits per heavy atom. The summed E-state index contributed by atoms with van der Waals surface area (Å²) in [6, 6.07) is 0. The van der Waals surface area contributed by atoms with Crippen LogP contribution in [0.3, 0.4) is 0 Å². The second-order valence-corrected chi connectivity index (χ2v) is 2.68. The summed E-state index contributed by atoms with van der Waals surface area (Å²) in [5.41, 5.74) is 7.76. The van der Waals surface area contributed by atoms with E-state index in [1.165, 1.54) is 0 Å². The highest BCUT2D eigenvalue weighted by atomic mass is 15.1. The minimum atomic E-state index is 0.579. The van der Waals surface area contributed by atoms with E-state index in [2.05, 4.69) is 16.5 Å². The second-order valence-electron chi connectivity index (χ2n) is 2.68. The van der Waals surface area contributed by atoms with E-state index in [-0.39, 0.29) is 0 Å². The molecule has 2 N–H and O–H groups in total. The molecule has 1 aromatic rings. The summed E-state index contributed by atoms with van der Waals surface area (Å²) in [6.07, 6.45) is 0.970. The highest BCUT2D eigenvalue weighted by Crippen LogP contribution is 2.08. The van der Waals surface area contributed by atoms with E-state index in [9.17, 15) is 0 Å². The summed E-state index contributed by atoms with van der Waals surface area (Å²) in [5, 5.41) is 0. The first-order chi connectivity index (χ1) is 5.20. The van der Waals surface area contributed by atoms with Crippen molar-refractivity contribution in [2.45, 2.75) is 26.8 Å². The Bertz CT molecular complexity index is 250. The van der Waals surface area contributed by atoms with Crippen LogP contribution < -0.4 is 5.73 Å². The Balaban J connectivity index is 3.14. The van der Waals surface area contributed by atoms with Crippen molar-refractivity contribution in [3.63, 3.8) is 0 Å². The maximum Gasteiger partial charge on any atom is 0.108 e. The Morgan fingerprint density at radius 2 is 2.18 bits per heavy atom. The molecule has 1 aromatic heterocycles. The molecule has 0 amide bonds. The van der Waals surface area contributed by atoms with E-state index in [1.807, 2.05) is 14.0 Å². The zero-order valence-electron chi connectivity index (χ0n) is 7.39. The molecular formula is C8H15N3. The van der Waals surface area contributed by atoms with Crippen LogP contribution in [0.15, 0.2) is 0 Å². The van der Waals surface area contributed by atoms with Crippen molar-refractivity contribution in [1.29, 1.82) is 0 Å². The van der Waals surface area contributed by atoms with Crippen molar-refractivity contribution in [2.75, 3.05) is 0 Å². The molecule has 0 fully saturated rings. The number of aromatic nitrogens is 2. The largest absolute Gasteiger partial charge is 0.334 e. The fourth-order valence-electron chi connectivity index (χ4n) is 1.33. The van der Waals surface area contributed by atoms with Gasteiger partial charge < -0.3 is 10.3 Å². The third-order valence-electron chi connectivity index (χ3n) is 2.02. The summed E-state index contributed by atoms with van der Waals surface area (Å²) in [4.78, 5) is 4.38. The van der Waals surface area contributed by atoms with Crippen LogP contribution in [0.25, 0.3) is 0 Å². The predicted molar refractivity (Wildman–Crippen MR) is 45.2 cm³/mol. The number of hydrogen-bond donors (Lipinski definition) is 1. The molecule has 11 heavy (non-hydrogen) atoms. The van der Waals surface area contributed by atoms with Crippen molar-refractivity contribution < 1.29 is 0 Å². The van der Waals surface area contributed by atoms with Crippen molar-refractivity contribution >= 4 is 0 Å². The Morgan fingerprint density at radius 3 is 2.45 bits per heavy atom. The fourth-order valence-corrected chi connectivity index (χ4v) is 1.33. The van der Waals surface area contributed by atoms with Crippen LogP contribution in [0.2, 0.25) is 0 Å². The molecule has 62 valence electrons. The van der Waals surface area contributed by atoms with Crippen molar-refractivity contribution in [2.24, 2.45) is 12.8 Å². The van der Waals surface area contributed by atoms with Crippen LogP contribution in [-0.2, 0) is 20.0 Å². The van der Waals surface area contributed by atoms with Gasteiger partial charge in [-0.25, -0.2) is 4.98 Å². The van der Waals surface area contributed by atoms with Gasteiger partial charge in [-0.1, -0.05) is 6.92 Å². The number of nitrogens with two attached hydrogens (primary N) is 1. The van der Waals surface area contributed by atoms with Crippen molar-refractivity contribution in [3.8, 4) is 0 Å². The summed E-state index contributed by atoms with van der Waals surface area (Å²) in [6.45, 7) is 4.68. The van der Waals surface area contributed by atoms with E-state index in [4.69, 9.17) is 5.73 Å². The highest BCUT2D eigenvalue weighted by Gasteiger charge is 2.06. The molecule has 3 nitrogen and oxygen atoms in total. The third-order valence-corrected chi connectivity index (χ3v) is 2.02. The number of nitrogens with zero attached hydrogens (tertiary/aromatic N) is 2. The van der Waals surface area contributed by atoms with Crippen molar-refractivity contribution in [3.05, 3.63) is 17.2 Å². The number of imidazole rings is 1. The quantitative estimate of drug-likeness (QED) is 0.681. The molecule has 0 spiro atoms. The molecular weight excluding hydrogens is 138 g/mol. The van der Waals surface area contributed by atoms with Crippen LogP contribution >= 0.6 is 0 Å². The molecule has 0 saturated carbocycles. The van der Waals surface area contributed by atoms with Gasteiger partial charge >= 0.3 is 0 Å². The highest BCUT2D eigenvalue weighted by molar-refractivity contribution is 5.15. The lowest BCUT2D eigenvalue weighted by molar-refractivity contribution is 0.757. The van der Waals surface area contributed by atoms with E-state index >= 15 is 0 Å². The first-order valence-electron chi connectivity index (χ1n) is 3.91. The lowest BCUT2D eigenvalue weighted by Gasteiger charge is -2.01. The molecule has 0 atom stereocenters. The van der Waals surface area contributed by atoms with Gasteiger partial charge in [-0.2, -0.15) is 0 Å². The SMILES string of the molecule is CCc1nc(C)c(CN)n1C. The minimum absolute atomic E-state index is 0.579. The second kappa shape index (κ2) is 3.05. The van der Waals surface area contributed by atoms with Gasteiger partial charge in [0.05, 0.1) is 11.4 Å². The summed E-state index contributed by atoms with van der Waals surface area (Å²) >= 11 is 0. The molecule has 0 radical (unpaired) electrons. The zero-order chi connectivity index (χ0) is 8.43.